The predicted octanol–water partition coefficient (Wildman–Crippen LogP) is 6.87. The quantitative estimate of drug-likeness (QED) is 0.129. The summed E-state index contributed by atoms with van der Waals surface area (Å²) in [5.41, 5.74) is 3.01. The topological polar surface area (TPSA) is 96.0 Å². The third-order valence-electron chi connectivity index (χ3n) is 8.24. The maximum Gasteiger partial charge on any atom is 0.264 e. The van der Waals surface area contributed by atoms with Crippen molar-refractivity contribution in [3.05, 3.63) is 120 Å². The van der Waals surface area contributed by atoms with E-state index < -0.39 is 28.5 Å². The van der Waals surface area contributed by atoms with Crippen LogP contribution in [0.5, 0.6) is 5.75 Å². The standard InChI is InChI=1S/C38H45N3O5S2/c1-6-29(4)39-38(43)36(25-30-14-9-8-10-15-30)40(26-31-16-12-11-13-28(31)3)37(42)27-41(32-17-19-33(20-18-32)46-7-2)48(44,45)35-23-21-34(47-5)22-24-35/h8-24,29,36H,6-7,25-27H2,1-5H3,(H,39,43)/t29-,36+/m1/s1. The molecule has 48 heavy (non-hydrogen) atoms. The Bertz CT molecular complexity index is 1750. The number of rotatable bonds is 16. The molecule has 0 fully saturated rings. The lowest BCUT2D eigenvalue weighted by Crippen LogP contribution is -2.54. The van der Waals surface area contributed by atoms with E-state index >= 15 is 0 Å². The van der Waals surface area contributed by atoms with Gasteiger partial charge in [0.1, 0.15) is 18.3 Å². The molecule has 0 bridgehead atoms. The van der Waals surface area contributed by atoms with E-state index in [1.54, 1.807) is 48.5 Å². The molecule has 4 rings (SSSR count). The van der Waals surface area contributed by atoms with Gasteiger partial charge in [-0.2, -0.15) is 0 Å². The Labute approximate surface area is 289 Å². The van der Waals surface area contributed by atoms with Crippen LogP contribution in [0.4, 0.5) is 5.69 Å². The van der Waals surface area contributed by atoms with Crippen LogP contribution in [0.3, 0.4) is 0 Å². The molecule has 2 atom stereocenters. The minimum absolute atomic E-state index is 0.0581. The molecular weight excluding hydrogens is 643 g/mol. The third-order valence-corrected chi connectivity index (χ3v) is 10.8. The molecular formula is C38H45N3O5S2. The maximum atomic E-state index is 14.7. The summed E-state index contributed by atoms with van der Waals surface area (Å²) in [6.07, 6.45) is 2.89. The summed E-state index contributed by atoms with van der Waals surface area (Å²) in [4.78, 5) is 31.2. The molecule has 0 aliphatic carbocycles. The molecule has 8 nitrogen and oxygen atoms in total. The second-order valence-corrected chi connectivity index (χ2v) is 14.3. The average molecular weight is 688 g/mol. The van der Waals surface area contributed by atoms with Crippen LogP contribution in [0.25, 0.3) is 0 Å². The molecule has 0 unspecified atom stereocenters. The van der Waals surface area contributed by atoms with Crippen LogP contribution in [-0.2, 0) is 32.6 Å². The molecule has 10 heteroatoms. The van der Waals surface area contributed by atoms with Crippen molar-refractivity contribution in [1.82, 2.24) is 10.2 Å². The first kappa shape index (κ1) is 36.6. The van der Waals surface area contributed by atoms with E-state index in [9.17, 15) is 18.0 Å². The van der Waals surface area contributed by atoms with E-state index in [4.69, 9.17) is 4.74 Å². The van der Waals surface area contributed by atoms with Gasteiger partial charge in [0.2, 0.25) is 11.8 Å². The van der Waals surface area contributed by atoms with E-state index in [1.165, 1.54) is 16.7 Å². The number of hydrogen-bond donors (Lipinski definition) is 1. The first-order valence-electron chi connectivity index (χ1n) is 16.1. The summed E-state index contributed by atoms with van der Waals surface area (Å²) >= 11 is 1.51. The lowest BCUT2D eigenvalue weighted by atomic mass is 10.0. The smallest absolute Gasteiger partial charge is 0.264 e. The van der Waals surface area contributed by atoms with E-state index in [2.05, 4.69) is 5.32 Å². The number of sulfonamides is 1. The summed E-state index contributed by atoms with van der Waals surface area (Å²) in [6.45, 7) is 7.79. The van der Waals surface area contributed by atoms with E-state index in [0.717, 1.165) is 25.9 Å². The van der Waals surface area contributed by atoms with Crippen molar-refractivity contribution >= 4 is 39.3 Å². The van der Waals surface area contributed by atoms with Gasteiger partial charge in [0, 0.05) is 23.9 Å². The lowest BCUT2D eigenvalue weighted by Gasteiger charge is -2.34. The Morgan fingerprint density at radius 1 is 0.875 bits per heavy atom. The van der Waals surface area contributed by atoms with Gasteiger partial charge in [0.05, 0.1) is 17.2 Å². The number of nitrogens with one attached hydrogen (secondary N) is 1. The largest absolute Gasteiger partial charge is 0.494 e. The van der Waals surface area contributed by atoms with Crippen LogP contribution in [0.15, 0.2) is 113 Å². The van der Waals surface area contributed by atoms with Crippen molar-refractivity contribution in [3.63, 3.8) is 0 Å². The number of benzene rings is 4. The third kappa shape index (κ3) is 9.41. The fourth-order valence-corrected chi connectivity index (χ4v) is 7.07. The molecule has 4 aromatic carbocycles. The molecule has 0 radical (unpaired) electrons. The highest BCUT2D eigenvalue weighted by Gasteiger charge is 2.35. The highest BCUT2D eigenvalue weighted by Crippen LogP contribution is 2.28. The zero-order chi connectivity index (χ0) is 34.7. The zero-order valence-electron chi connectivity index (χ0n) is 28.3. The van der Waals surface area contributed by atoms with Crippen molar-refractivity contribution in [2.24, 2.45) is 0 Å². The van der Waals surface area contributed by atoms with Crippen LogP contribution in [0, 0.1) is 6.92 Å². The Morgan fingerprint density at radius 3 is 2.12 bits per heavy atom. The van der Waals surface area contributed by atoms with Crippen molar-refractivity contribution in [2.75, 3.05) is 23.7 Å². The Morgan fingerprint density at radius 2 is 1.52 bits per heavy atom. The molecule has 1 N–H and O–H groups in total. The SMILES string of the molecule is CCOc1ccc(N(CC(=O)N(Cc2ccccc2C)[C@@H](Cc2ccccc2)C(=O)N[C@H](C)CC)S(=O)(=O)c2ccc(SC)cc2)cc1. The lowest BCUT2D eigenvalue weighted by molar-refractivity contribution is -0.140. The number of nitrogens with zero attached hydrogens (tertiary/aromatic N) is 2. The molecule has 0 heterocycles. The van der Waals surface area contributed by atoms with Gasteiger partial charge in [-0.3, -0.25) is 13.9 Å². The molecule has 2 amide bonds. The predicted molar refractivity (Wildman–Crippen MR) is 194 cm³/mol. The number of aryl methyl sites for hydroxylation is 1. The van der Waals surface area contributed by atoms with Crippen molar-refractivity contribution < 1.29 is 22.7 Å². The maximum absolute atomic E-state index is 14.7. The minimum Gasteiger partial charge on any atom is -0.494 e. The Balaban J connectivity index is 1.82. The number of anilines is 1. The fraction of sp³-hybridized carbons (Fsp3) is 0.316. The van der Waals surface area contributed by atoms with Crippen molar-refractivity contribution in [3.8, 4) is 5.75 Å². The van der Waals surface area contributed by atoms with Crippen LogP contribution < -0.4 is 14.4 Å². The summed E-state index contributed by atoms with van der Waals surface area (Å²) < 4.78 is 35.4. The molecule has 0 aromatic heterocycles. The summed E-state index contributed by atoms with van der Waals surface area (Å²) in [7, 11) is -4.21. The molecule has 0 saturated heterocycles. The number of ether oxygens (including phenoxy) is 1. The number of hydrogen-bond acceptors (Lipinski definition) is 6. The van der Waals surface area contributed by atoms with Crippen LogP contribution in [0.2, 0.25) is 0 Å². The van der Waals surface area contributed by atoms with Crippen molar-refractivity contribution in [1.29, 1.82) is 0 Å². The first-order chi connectivity index (χ1) is 23.1. The van der Waals surface area contributed by atoms with Gasteiger partial charge in [0.15, 0.2) is 0 Å². The first-order valence-corrected chi connectivity index (χ1v) is 18.8. The van der Waals surface area contributed by atoms with E-state index in [1.807, 2.05) is 88.5 Å². The van der Waals surface area contributed by atoms with Crippen LogP contribution in [-0.4, -0.2) is 56.6 Å². The average Bonchev–Trinajstić information content (AvgIpc) is 3.10. The number of carbonyl (C=O) groups excluding carboxylic acids is 2. The summed E-state index contributed by atoms with van der Waals surface area (Å²) in [6, 6.07) is 29.5. The fourth-order valence-electron chi connectivity index (χ4n) is 5.25. The van der Waals surface area contributed by atoms with E-state index in [-0.39, 0.29) is 29.8 Å². The van der Waals surface area contributed by atoms with Gasteiger partial charge < -0.3 is 15.0 Å². The number of carbonyl (C=O) groups is 2. The molecule has 254 valence electrons. The van der Waals surface area contributed by atoms with Gasteiger partial charge in [-0.05, 0) is 98.7 Å². The van der Waals surface area contributed by atoms with Gasteiger partial charge >= 0.3 is 0 Å². The van der Waals surface area contributed by atoms with Crippen molar-refractivity contribution in [2.45, 2.75) is 69.0 Å². The second-order valence-electron chi connectivity index (χ2n) is 11.6. The van der Waals surface area contributed by atoms with Gasteiger partial charge in [0.25, 0.3) is 10.0 Å². The summed E-state index contributed by atoms with van der Waals surface area (Å²) in [5, 5.41) is 3.08. The number of amides is 2. The highest BCUT2D eigenvalue weighted by molar-refractivity contribution is 7.98. The highest BCUT2D eigenvalue weighted by atomic mass is 32.2. The van der Waals surface area contributed by atoms with Gasteiger partial charge in [-0.25, -0.2) is 8.42 Å². The second kappa shape index (κ2) is 17.2. The molecule has 0 saturated carbocycles. The zero-order valence-corrected chi connectivity index (χ0v) is 29.9. The normalized spacial score (nSPS) is 12.5. The monoisotopic (exact) mass is 687 g/mol. The van der Waals surface area contributed by atoms with Crippen LogP contribution in [0.1, 0.15) is 43.9 Å². The Hall–Kier alpha value is -4.28. The van der Waals surface area contributed by atoms with E-state index in [0.29, 0.717) is 24.5 Å². The Kier molecular flexibility index (Phi) is 13.1. The minimum atomic E-state index is -4.21. The number of thioether (sulfide) groups is 1. The molecule has 0 spiro atoms. The van der Waals surface area contributed by atoms with Crippen LogP contribution >= 0.6 is 11.8 Å². The summed E-state index contributed by atoms with van der Waals surface area (Å²) in [5.74, 6) is -0.213. The molecule has 0 aliphatic rings. The molecule has 0 aliphatic heterocycles. The van der Waals surface area contributed by atoms with Gasteiger partial charge in [-0.15, -0.1) is 11.8 Å². The van der Waals surface area contributed by atoms with Gasteiger partial charge in [-0.1, -0.05) is 61.5 Å². The molecule has 4 aromatic rings.